The molecule has 0 aliphatic carbocycles. The maximum absolute atomic E-state index is 10.2. The molecule has 0 bridgehead atoms. The zero-order chi connectivity index (χ0) is 19.0. The monoisotopic (exact) mass is 366 g/mol. The van der Waals surface area contributed by atoms with Crippen LogP contribution < -0.4 is 5.32 Å². The number of aliphatic hydroxyl groups excluding tert-OH is 2. The van der Waals surface area contributed by atoms with Gasteiger partial charge in [-0.15, -0.1) is 0 Å². The Morgan fingerprint density at radius 3 is 2.78 bits per heavy atom. The molecule has 0 saturated carbocycles. The van der Waals surface area contributed by atoms with Crippen molar-refractivity contribution in [2.75, 3.05) is 5.32 Å². The molecule has 9 heteroatoms. The van der Waals surface area contributed by atoms with E-state index in [0.717, 1.165) is 5.56 Å². The highest BCUT2D eigenvalue weighted by Gasteiger charge is 2.42. The Kier molecular flexibility index (Phi) is 4.45. The Balaban J connectivity index is 1.63. The predicted octanol–water partition coefficient (Wildman–Crippen LogP) is 0.949. The molecule has 1 aromatic carbocycles. The van der Waals surface area contributed by atoms with Gasteiger partial charge >= 0.3 is 0 Å². The number of aromatic nitrogens is 4. The summed E-state index contributed by atoms with van der Waals surface area (Å²) >= 11 is 0. The first-order chi connectivity index (χ1) is 13.1. The molecular formula is C18H18N6O3. The molecule has 1 fully saturated rings. The van der Waals surface area contributed by atoms with Gasteiger partial charge in [-0.1, -0.05) is 18.2 Å². The highest BCUT2D eigenvalue weighted by Crippen LogP contribution is 2.32. The fourth-order valence-corrected chi connectivity index (χ4v) is 3.19. The minimum Gasteiger partial charge on any atom is -0.388 e. The van der Waals surface area contributed by atoms with Gasteiger partial charge in [-0.05, 0) is 18.6 Å². The Bertz CT molecular complexity index is 1010. The van der Waals surface area contributed by atoms with E-state index in [4.69, 9.17) is 4.74 Å². The van der Waals surface area contributed by atoms with E-state index in [2.05, 4.69) is 26.3 Å². The van der Waals surface area contributed by atoms with Gasteiger partial charge in [0.15, 0.2) is 23.2 Å². The van der Waals surface area contributed by atoms with Crippen LogP contribution in [-0.4, -0.2) is 48.0 Å². The van der Waals surface area contributed by atoms with E-state index in [1.807, 2.05) is 18.2 Å². The zero-order valence-electron chi connectivity index (χ0n) is 14.5. The number of ether oxygens (including phenoxy) is 1. The van der Waals surface area contributed by atoms with Crippen molar-refractivity contribution in [2.24, 2.45) is 0 Å². The molecule has 1 aliphatic heterocycles. The van der Waals surface area contributed by atoms with Crippen LogP contribution in [0.4, 0.5) is 5.82 Å². The number of aliphatic hydroxyl groups is 2. The largest absolute Gasteiger partial charge is 0.388 e. The number of rotatable bonds is 4. The summed E-state index contributed by atoms with van der Waals surface area (Å²) < 4.78 is 7.23. The average Bonchev–Trinajstić information content (AvgIpc) is 3.23. The van der Waals surface area contributed by atoms with Crippen LogP contribution in [-0.2, 0) is 11.3 Å². The average molecular weight is 366 g/mol. The third kappa shape index (κ3) is 3.00. The van der Waals surface area contributed by atoms with Gasteiger partial charge in [0.25, 0.3) is 0 Å². The lowest BCUT2D eigenvalue weighted by Gasteiger charge is -2.16. The van der Waals surface area contributed by atoms with Crippen LogP contribution in [0.25, 0.3) is 11.2 Å². The highest BCUT2D eigenvalue weighted by atomic mass is 16.6. The van der Waals surface area contributed by atoms with Crippen molar-refractivity contribution in [3.05, 3.63) is 48.0 Å². The second-order valence-corrected chi connectivity index (χ2v) is 6.38. The molecular weight excluding hydrogens is 348 g/mol. The van der Waals surface area contributed by atoms with Crippen molar-refractivity contribution in [3.63, 3.8) is 0 Å². The summed E-state index contributed by atoms with van der Waals surface area (Å²) in [4.78, 5) is 12.8. The fraction of sp³-hybridized carbons (Fsp3) is 0.333. The van der Waals surface area contributed by atoms with E-state index >= 15 is 0 Å². The second kappa shape index (κ2) is 6.92. The van der Waals surface area contributed by atoms with Crippen molar-refractivity contribution in [1.82, 2.24) is 19.5 Å². The van der Waals surface area contributed by atoms with Crippen LogP contribution in [0.15, 0.2) is 36.9 Å². The Hall–Kier alpha value is -3.06. The summed E-state index contributed by atoms with van der Waals surface area (Å²) in [6, 6.07) is 9.47. The molecule has 0 radical (unpaired) electrons. The number of nitriles is 1. The summed E-state index contributed by atoms with van der Waals surface area (Å²) in [7, 11) is 0. The van der Waals surface area contributed by atoms with E-state index in [1.165, 1.54) is 12.7 Å². The van der Waals surface area contributed by atoms with Gasteiger partial charge in [-0.2, -0.15) is 5.26 Å². The first-order valence-electron chi connectivity index (χ1n) is 8.51. The van der Waals surface area contributed by atoms with Crippen molar-refractivity contribution >= 4 is 17.0 Å². The van der Waals surface area contributed by atoms with Crippen LogP contribution >= 0.6 is 0 Å². The number of nitrogens with one attached hydrogen (secondary N) is 1. The molecule has 3 aromatic rings. The first kappa shape index (κ1) is 17.4. The van der Waals surface area contributed by atoms with Crippen LogP contribution in [0.3, 0.4) is 0 Å². The molecule has 138 valence electrons. The number of nitrogens with zero attached hydrogens (tertiary/aromatic N) is 5. The van der Waals surface area contributed by atoms with Gasteiger partial charge in [0.2, 0.25) is 0 Å². The van der Waals surface area contributed by atoms with Crippen LogP contribution in [0.1, 0.15) is 24.3 Å². The van der Waals surface area contributed by atoms with E-state index in [0.29, 0.717) is 29.1 Å². The normalized spacial score (nSPS) is 24.8. The molecule has 4 atom stereocenters. The molecule has 27 heavy (non-hydrogen) atoms. The minimum atomic E-state index is -1.08. The summed E-state index contributed by atoms with van der Waals surface area (Å²) in [5.41, 5.74) is 2.42. The number of hydrogen-bond acceptors (Lipinski definition) is 8. The SMILES string of the molecule is C[C@H]1O[C@@H](n2cnc3c(NCc4ccccc4C#N)ncnc32)[C@H](O)[C@@H]1O. The van der Waals surface area contributed by atoms with E-state index < -0.39 is 24.5 Å². The van der Waals surface area contributed by atoms with E-state index in [1.54, 1.807) is 17.6 Å². The lowest BCUT2D eigenvalue weighted by Crippen LogP contribution is -2.30. The van der Waals surface area contributed by atoms with Crippen LogP contribution in [0, 0.1) is 11.3 Å². The van der Waals surface area contributed by atoms with Crippen molar-refractivity contribution in [3.8, 4) is 6.07 Å². The Morgan fingerprint density at radius 1 is 1.22 bits per heavy atom. The number of fused-ring (bicyclic) bond motifs is 1. The van der Waals surface area contributed by atoms with Gasteiger partial charge in [0, 0.05) is 6.54 Å². The third-order valence-corrected chi connectivity index (χ3v) is 4.69. The number of hydrogen-bond donors (Lipinski definition) is 3. The summed E-state index contributed by atoms with van der Waals surface area (Å²) in [6.45, 7) is 2.10. The number of benzene rings is 1. The first-order valence-corrected chi connectivity index (χ1v) is 8.51. The predicted molar refractivity (Wildman–Crippen MR) is 95.4 cm³/mol. The molecule has 4 rings (SSSR count). The van der Waals surface area contributed by atoms with Gasteiger partial charge in [0.05, 0.1) is 24.1 Å². The molecule has 0 amide bonds. The van der Waals surface area contributed by atoms with Crippen LogP contribution in [0.2, 0.25) is 0 Å². The van der Waals surface area contributed by atoms with Gasteiger partial charge in [-0.25, -0.2) is 15.0 Å². The summed E-state index contributed by atoms with van der Waals surface area (Å²) in [6.07, 6.45) is -0.431. The smallest absolute Gasteiger partial charge is 0.167 e. The highest BCUT2D eigenvalue weighted by molar-refractivity contribution is 5.82. The van der Waals surface area contributed by atoms with Gasteiger partial charge in [0.1, 0.15) is 18.5 Å². The maximum atomic E-state index is 10.2. The molecule has 1 saturated heterocycles. The Morgan fingerprint density at radius 2 is 2.04 bits per heavy atom. The maximum Gasteiger partial charge on any atom is 0.167 e. The third-order valence-electron chi connectivity index (χ3n) is 4.69. The molecule has 2 aromatic heterocycles. The van der Waals surface area contributed by atoms with Crippen molar-refractivity contribution < 1.29 is 14.9 Å². The minimum absolute atomic E-state index is 0.404. The molecule has 3 heterocycles. The lowest BCUT2D eigenvalue weighted by atomic mass is 10.1. The molecule has 0 spiro atoms. The van der Waals surface area contributed by atoms with Crippen LogP contribution in [0.5, 0.6) is 0 Å². The molecule has 1 aliphatic rings. The number of imidazole rings is 1. The topological polar surface area (TPSA) is 129 Å². The van der Waals surface area contributed by atoms with Crippen molar-refractivity contribution in [2.45, 2.75) is 38.0 Å². The zero-order valence-corrected chi connectivity index (χ0v) is 14.5. The van der Waals surface area contributed by atoms with Gasteiger partial charge < -0.3 is 20.3 Å². The van der Waals surface area contributed by atoms with E-state index in [9.17, 15) is 15.5 Å². The molecule has 3 N–H and O–H groups in total. The van der Waals surface area contributed by atoms with Gasteiger partial charge in [-0.3, -0.25) is 4.57 Å². The van der Waals surface area contributed by atoms with Crippen molar-refractivity contribution in [1.29, 1.82) is 5.26 Å². The summed E-state index contributed by atoms with van der Waals surface area (Å²) in [5, 5.41) is 32.5. The number of anilines is 1. The standard InChI is InChI=1S/C18H18N6O3/c1-10-14(25)15(26)18(27-10)24-9-23-13-16(21-8-22-17(13)24)20-7-12-5-3-2-4-11(12)6-19/h2-5,8-10,14-15,18,25-26H,7H2,1H3,(H,20,21,22)/t10-,14-,15-,18-/m1/s1. The van der Waals surface area contributed by atoms with E-state index in [-0.39, 0.29) is 0 Å². The lowest BCUT2D eigenvalue weighted by molar-refractivity contribution is -0.0299. The quantitative estimate of drug-likeness (QED) is 0.622. The summed E-state index contributed by atoms with van der Waals surface area (Å²) in [5.74, 6) is 0.507. The fourth-order valence-electron chi connectivity index (χ4n) is 3.19. The molecule has 0 unspecified atom stereocenters. The Labute approximate surface area is 154 Å². The second-order valence-electron chi connectivity index (χ2n) is 6.38. The molecule has 9 nitrogen and oxygen atoms in total.